The predicted molar refractivity (Wildman–Crippen MR) is 42.5 cm³/mol. The maximum absolute atomic E-state index is 13.1. The second-order valence-electron chi connectivity index (χ2n) is 2.82. The summed E-state index contributed by atoms with van der Waals surface area (Å²) in [5, 5.41) is 8.45. The third-order valence-electron chi connectivity index (χ3n) is 2.04. The second-order valence-corrected chi connectivity index (χ2v) is 2.82. The van der Waals surface area contributed by atoms with E-state index in [0.717, 1.165) is 12.1 Å². The van der Waals surface area contributed by atoms with E-state index >= 15 is 0 Å². The van der Waals surface area contributed by atoms with Gasteiger partial charge in [-0.25, -0.2) is 8.78 Å². The monoisotopic (exact) mass is 208 g/mol. The van der Waals surface area contributed by atoms with Crippen molar-refractivity contribution in [3.05, 3.63) is 34.9 Å². The zero-order valence-electron chi connectivity index (χ0n) is 7.12. The number of hydrogen-bond donors (Lipinski definition) is 0. The number of benzene rings is 1. The van der Waals surface area contributed by atoms with Crippen LogP contribution in [0.1, 0.15) is 20.7 Å². The highest BCUT2D eigenvalue weighted by molar-refractivity contribution is 6.22. The summed E-state index contributed by atoms with van der Waals surface area (Å²) in [5.41, 5.74) is -1.36. The van der Waals surface area contributed by atoms with E-state index in [9.17, 15) is 18.4 Å². The van der Waals surface area contributed by atoms with Gasteiger partial charge in [-0.05, 0) is 12.1 Å². The minimum atomic E-state index is -1.13. The van der Waals surface area contributed by atoms with Gasteiger partial charge in [0.2, 0.25) is 0 Å². The lowest BCUT2D eigenvalue weighted by Crippen LogP contribution is -2.24. The van der Waals surface area contributed by atoms with Gasteiger partial charge in [0.1, 0.15) is 11.6 Å². The minimum absolute atomic E-state index is 0.122. The van der Waals surface area contributed by atoms with E-state index in [-0.39, 0.29) is 4.90 Å². The number of rotatable bonds is 0. The van der Waals surface area contributed by atoms with Crippen LogP contribution in [0.15, 0.2) is 12.1 Å². The van der Waals surface area contributed by atoms with E-state index in [1.165, 1.54) is 6.19 Å². The number of amides is 2. The predicted octanol–water partition coefficient (Wildman–Crippen LogP) is 1.04. The summed E-state index contributed by atoms with van der Waals surface area (Å²) in [6, 6.07) is 1.47. The molecule has 0 aromatic heterocycles. The Hall–Kier alpha value is -2.29. The van der Waals surface area contributed by atoms with Gasteiger partial charge in [0, 0.05) is 0 Å². The fourth-order valence-corrected chi connectivity index (χ4v) is 1.38. The summed E-state index contributed by atoms with van der Waals surface area (Å²) < 4.78 is 26.3. The Balaban J connectivity index is 2.79. The van der Waals surface area contributed by atoms with Crippen LogP contribution in [0.5, 0.6) is 0 Å². The topological polar surface area (TPSA) is 61.2 Å². The van der Waals surface area contributed by atoms with Crippen LogP contribution in [-0.2, 0) is 0 Å². The van der Waals surface area contributed by atoms with Crippen molar-refractivity contribution in [1.29, 1.82) is 5.26 Å². The standard InChI is InChI=1S/C9H2F2N2O2/c10-4-1-2-5(11)7-6(4)8(14)13(3-12)9(7)15/h1-2H. The molecule has 6 heteroatoms. The van der Waals surface area contributed by atoms with Gasteiger partial charge in [0.15, 0.2) is 6.19 Å². The first-order chi connectivity index (χ1) is 7.07. The Morgan fingerprint density at radius 1 is 1.07 bits per heavy atom. The molecule has 74 valence electrons. The van der Waals surface area contributed by atoms with E-state index in [1.54, 1.807) is 0 Å². The smallest absolute Gasteiger partial charge is 0.267 e. The molecule has 1 aromatic rings. The Bertz CT molecular complexity index is 493. The highest BCUT2D eigenvalue weighted by Gasteiger charge is 2.40. The number of carbonyl (C=O) groups is 2. The Morgan fingerprint density at radius 3 is 1.80 bits per heavy atom. The molecule has 1 heterocycles. The summed E-state index contributed by atoms with van der Waals surface area (Å²) in [6.07, 6.45) is 1.27. The molecule has 0 bridgehead atoms. The van der Waals surface area contributed by atoms with Crippen molar-refractivity contribution in [2.45, 2.75) is 0 Å². The van der Waals surface area contributed by atoms with Crippen LogP contribution in [0.4, 0.5) is 8.78 Å². The quantitative estimate of drug-likeness (QED) is 0.472. The lowest BCUT2D eigenvalue weighted by Gasteiger charge is -1.98. The maximum atomic E-state index is 13.1. The molecule has 1 aliphatic heterocycles. The average Bonchev–Trinajstić information content (AvgIpc) is 2.46. The van der Waals surface area contributed by atoms with Crippen LogP contribution in [0.3, 0.4) is 0 Å². The van der Waals surface area contributed by atoms with Crippen LogP contribution < -0.4 is 0 Å². The van der Waals surface area contributed by atoms with Gasteiger partial charge in [-0.15, -0.1) is 0 Å². The van der Waals surface area contributed by atoms with Crippen molar-refractivity contribution in [1.82, 2.24) is 4.90 Å². The molecule has 4 nitrogen and oxygen atoms in total. The summed E-state index contributed by atoms with van der Waals surface area (Å²) in [4.78, 5) is 22.7. The maximum Gasteiger partial charge on any atom is 0.278 e. The van der Waals surface area contributed by atoms with Crippen molar-refractivity contribution in [2.75, 3.05) is 0 Å². The third kappa shape index (κ3) is 1.03. The van der Waals surface area contributed by atoms with E-state index in [2.05, 4.69) is 0 Å². The fraction of sp³-hybridized carbons (Fsp3) is 0. The van der Waals surface area contributed by atoms with Gasteiger partial charge in [0.05, 0.1) is 11.1 Å². The first-order valence-corrected chi connectivity index (χ1v) is 3.84. The zero-order chi connectivity index (χ0) is 11.2. The first-order valence-electron chi connectivity index (χ1n) is 3.84. The van der Waals surface area contributed by atoms with Crippen LogP contribution in [0.2, 0.25) is 0 Å². The third-order valence-corrected chi connectivity index (χ3v) is 2.04. The van der Waals surface area contributed by atoms with Gasteiger partial charge >= 0.3 is 0 Å². The normalized spacial score (nSPS) is 14.1. The van der Waals surface area contributed by atoms with Crippen LogP contribution in [-0.4, -0.2) is 16.7 Å². The molecular formula is C9H2F2N2O2. The molecule has 2 amide bonds. The second kappa shape index (κ2) is 2.85. The summed E-state index contributed by atoms with van der Waals surface area (Å²) in [7, 11) is 0. The summed E-state index contributed by atoms with van der Waals surface area (Å²) in [5.74, 6) is -4.28. The highest BCUT2D eigenvalue weighted by atomic mass is 19.1. The molecule has 0 fully saturated rings. The molecule has 0 saturated heterocycles. The molecular weight excluding hydrogens is 206 g/mol. The van der Waals surface area contributed by atoms with E-state index in [1.807, 2.05) is 0 Å². The number of nitriles is 1. The van der Waals surface area contributed by atoms with Crippen molar-refractivity contribution < 1.29 is 18.4 Å². The average molecular weight is 208 g/mol. The number of halogens is 2. The number of nitrogens with zero attached hydrogens (tertiary/aromatic N) is 2. The SMILES string of the molecule is N#CN1C(=O)c2c(F)ccc(F)c2C1=O. The molecule has 15 heavy (non-hydrogen) atoms. The molecule has 0 spiro atoms. The Morgan fingerprint density at radius 2 is 1.47 bits per heavy atom. The number of carbonyl (C=O) groups excluding carboxylic acids is 2. The Kier molecular flexibility index (Phi) is 1.76. The molecule has 1 aliphatic rings. The Labute approximate surface area is 82.3 Å². The molecule has 0 saturated carbocycles. The molecule has 0 unspecified atom stereocenters. The lowest BCUT2D eigenvalue weighted by atomic mass is 10.1. The van der Waals surface area contributed by atoms with Gasteiger partial charge in [-0.2, -0.15) is 10.2 Å². The molecule has 1 aromatic carbocycles. The van der Waals surface area contributed by atoms with Crippen molar-refractivity contribution in [3.63, 3.8) is 0 Å². The fourth-order valence-electron chi connectivity index (χ4n) is 1.38. The van der Waals surface area contributed by atoms with Crippen LogP contribution in [0.25, 0.3) is 0 Å². The summed E-state index contributed by atoms with van der Waals surface area (Å²) in [6.45, 7) is 0. The molecule has 0 N–H and O–H groups in total. The number of imide groups is 1. The van der Waals surface area contributed by atoms with Gasteiger partial charge in [0.25, 0.3) is 11.8 Å². The van der Waals surface area contributed by atoms with Gasteiger partial charge in [-0.1, -0.05) is 0 Å². The first kappa shape index (κ1) is 9.27. The summed E-state index contributed by atoms with van der Waals surface area (Å²) >= 11 is 0. The van der Waals surface area contributed by atoms with Gasteiger partial charge in [-0.3, -0.25) is 9.59 Å². The van der Waals surface area contributed by atoms with E-state index < -0.39 is 34.6 Å². The van der Waals surface area contributed by atoms with Gasteiger partial charge < -0.3 is 0 Å². The van der Waals surface area contributed by atoms with Crippen molar-refractivity contribution in [2.24, 2.45) is 0 Å². The lowest BCUT2D eigenvalue weighted by molar-refractivity contribution is 0.0730. The van der Waals surface area contributed by atoms with E-state index in [0.29, 0.717) is 0 Å². The van der Waals surface area contributed by atoms with Crippen LogP contribution in [0, 0.1) is 23.1 Å². The highest BCUT2D eigenvalue weighted by Crippen LogP contribution is 2.26. The molecule has 2 rings (SSSR count). The minimum Gasteiger partial charge on any atom is -0.267 e. The van der Waals surface area contributed by atoms with Crippen molar-refractivity contribution in [3.8, 4) is 6.19 Å². The largest absolute Gasteiger partial charge is 0.278 e. The molecule has 0 aliphatic carbocycles. The molecule has 0 radical (unpaired) electrons. The van der Waals surface area contributed by atoms with Crippen LogP contribution >= 0.6 is 0 Å². The number of fused-ring (bicyclic) bond motifs is 1. The van der Waals surface area contributed by atoms with Crippen molar-refractivity contribution >= 4 is 11.8 Å². The number of hydrogen-bond acceptors (Lipinski definition) is 3. The molecule has 0 atom stereocenters. The van der Waals surface area contributed by atoms with E-state index in [4.69, 9.17) is 5.26 Å². The zero-order valence-corrected chi connectivity index (χ0v) is 7.12.